The van der Waals surface area contributed by atoms with Gasteiger partial charge in [0.25, 0.3) is 0 Å². The zero-order valence-corrected chi connectivity index (χ0v) is 11.5. The van der Waals surface area contributed by atoms with E-state index in [9.17, 15) is 4.79 Å². The van der Waals surface area contributed by atoms with E-state index in [0.29, 0.717) is 0 Å². The third-order valence-electron chi connectivity index (χ3n) is 3.94. The highest BCUT2D eigenvalue weighted by Gasteiger charge is 2.29. The molecule has 1 aromatic heterocycles. The lowest BCUT2D eigenvalue weighted by Gasteiger charge is -2.24. The summed E-state index contributed by atoms with van der Waals surface area (Å²) >= 11 is 0. The number of ether oxygens (including phenoxy) is 1. The molecular formula is C17H17NO2. The minimum atomic E-state index is 0.0545. The summed E-state index contributed by atoms with van der Waals surface area (Å²) in [5.41, 5.74) is 3.00. The second-order valence-corrected chi connectivity index (χ2v) is 5.15. The fraction of sp³-hybridized carbons (Fsp3) is 0.294. The van der Waals surface area contributed by atoms with E-state index in [1.165, 1.54) is 0 Å². The molecule has 1 aliphatic rings. The van der Waals surface area contributed by atoms with Crippen molar-refractivity contribution >= 4 is 5.78 Å². The Morgan fingerprint density at radius 2 is 2.20 bits per heavy atom. The average molecular weight is 267 g/mol. The molecule has 0 spiro atoms. The summed E-state index contributed by atoms with van der Waals surface area (Å²) in [4.78, 5) is 16.7. The molecule has 0 saturated heterocycles. The molecule has 2 aromatic rings. The zero-order valence-electron chi connectivity index (χ0n) is 11.5. The smallest absolute Gasteiger partial charge is 0.166 e. The van der Waals surface area contributed by atoms with Crippen LogP contribution in [0.25, 0.3) is 0 Å². The average Bonchev–Trinajstić information content (AvgIpc) is 2.51. The second kappa shape index (κ2) is 5.45. The highest BCUT2D eigenvalue weighted by molar-refractivity contribution is 6.00. The van der Waals surface area contributed by atoms with Crippen LogP contribution in [0.2, 0.25) is 0 Å². The van der Waals surface area contributed by atoms with Gasteiger partial charge in [0.2, 0.25) is 0 Å². The molecule has 0 amide bonds. The Labute approximate surface area is 118 Å². The maximum Gasteiger partial charge on any atom is 0.166 e. The molecule has 0 saturated carbocycles. The van der Waals surface area contributed by atoms with Crippen molar-refractivity contribution < 1.29 is 9.53 Å². The van der Waals surface area contributed by atoms with Gasteiger partial charge in [-0.15, -0.1) is 0 Å². The summed E-state index contributed by atoms with van der Waals surface area (Å²) in [6, 6.07) is 9.67. The van der Waals surface area contributed by atoms with E-state index >= 15 is 0 Å². The third-order valence-corrected chi connectivity index (χ3v) is 3.94. The van der Waals surface area contributed by atoms with E-state index in [1.807, 2.05) is 36.5 Å². The summed E-state index contributed by atoms with van der Waals surface area (Å²) in [5, 5.41) is 0. The normalized spacial score (nSPS) is 17.6. The molecule has 102 valence electrons. The number of hydrogen-bond donors (Lipinski definition) is 0. The Hall–Kier alpha value is -2.16. The number of carbonyl (C=O) groups is 1. The van der Waals surface area contributed by atoms with Crippen molar-refractivity contribution in [2.45, 2.75) is 19.3 Å². The van der Waals surface area contributed by atoms with Gasteiger partial charge in [0.1, 0.15) is 5.75 Å². The fourth-order valence-corrected chi connectivity index (χ4v) is 2.91. The molecule has 3 heteroatoms. The number of fused-ring (bicyclic) bond motifs is 1. The number of rotatable bonds is 3. The van der Waals surface area contributed by atoms with Gasteiger partial charge in [-0.3, -0.25) is 9.78 Å². The molecular weight excluding hydrogens is 250 g/mol. The van der Waals surface area contributed by atoms with Crippen molar-refractivity contribution in [1.82, 2.24) is 4.98 Å². The van der Waals surface area contributed by atoms with Gasteiger partial charge in [-0.2, -0.15) is 0 Å². The highest BCUT2D eigenvalue weighted by atomic mass is 16.5. The minimum absolute atomic E-state index is 0.0545. The van der Waals surface area contributed by atoms with E-state index in [-0.39, 0.29) is 11.7 Å². The van der Waals surface area contributed by atoms with Crippen LogP contribution >= 0.6 is 0 Å². The molecule has 0 bridgehead atoms. The van der Waals surface area contributed by atoms with Crippen LogP contribution in [0.15, 0.2) is 42.7 Å². The van der Waals surface area contributed by atoms with Gasteiger partial charge in [0.05, 0.1) is 7.11 Å². The van der Waals surface area contributed by atoms with Crippen molar-refractivity contribution in [1.29, 1.82) is 0 Å². The number of Topliss-reactive ketones (excluding diaryl/α,β-unsaturated/α-hetero) is 1. The minimum Gasteiger partial charge on any atom is -0.496 e. The van der Waals surface area contributed by atoms with Gasteiger partial charge < -0.3 is 4.74 Å². The predicted molar refractivity (Wildman–Crippen MR) is 77.1 cm³/mol. The molecule has 0 aliphatic heterocycles. The predicted octanol–water partition coefficient (Wildman–Crippen LogP) is 3.08. The SMILES string of the molecule is COc1cccc2c1CC[C@H](Cc1cccnc1)C2=O. The molecule has 20 heavy (non-hydrogen) atoms. The summed E-state index contributed by atoms with van der Waals surface area (Å²) in [5.74, 6) is 1.11. The lowest BCUT2D eigenvalue weighted by molar-refractivity contribution is 0.0900. The van der Waals surface area contributed by atoms with Gasteiger partial charge >= 0.3 is 0 Å². The van der Waals surface area contributed by atoms with Gasteiger partial charge in [-0.25, -0.2) is 0 Å². The summed E-state index contributed by atoms with van der Waals surface area (Å²) in [6.45, 7) is 0. The zero-order chi connectivity index (χ0) is 13.9. The quantitative estimate of drug-likeness (QED) is 0.858. The largest absolute Gasteiger partial charge is 0.496 e. The second-order valence-electron chi connectivity index (χ2n) is 5.15. The molecule has 1 atom stereocenters. The molecule has 1 heterocycles. The lowest BCUT2D eigenvalue weighted by Crippen LogP contribution is -2.24. The van der Waals surface area contributed by atoms with Gasteiger partial charge in [-0.1, -0.05) is 18.2 Å². The standard InChI is InChI=1S/C17H17NO2/c1-20-16-6-2-5-15-14(16)8-7-13(17(15)19)10-12-4-3-9-18-11-12/h2-6,9,11,13H,7-8,10H2,1H3/t13-/m1/s1. The van der Waals surface area contributed by atoms with Gasteiger partial charge in [-0.05, 0) is 37.0 Å². The summed E-state index contributed by atoms with van der Waals surface area (Å²) < 4.78 is 5.35. The van der Waals surface area contributed by atoms with Crippen LogP contribution in [0.1, 0.15) is 27.9 Å². The number of hydrogen-bond acceptors (Lipinski definition) is 3. The number of carbonyl (C=O) groups excluding carboxylic acids is 1. The third kappa shape index (κ3) is 2.31. The van der Waals surface area contributed by atoms with Crippen molar-refractivity contribution in [3.05, 3.63) is 59.4 Å². The van der Waals surface area contributed by atoms with E-state index in [0.717, 1.165) is 41.7 Å². The maximum atomic E-state index is 12.6. The van der Waals surface area contributed by atoms with E-state index in [4.69, 9.17) is 4.74 Å². The molecule has 0 fully saturated rings. The lowest BCUT2D eigenvalue weighted by atomic mass is 9.79. The first-order chi connectivity index (χ1) is 9.79. The van der Waals surface area contributed by atoms with Gasteiger partial charge in [0.15, 0.2) is 5.78 Å². The number of aromatic nitrogens is 1. The molecule has 1 aromatic carbocycles. The topological polar surface area (TPSA) is 39.2 Å². The Kier molecular flexibility index (Phi) is 3.50. The number of nitrogens with zero attached hydrogens (tertiary/aromatic N) is 1. The summed E-state index contributed by atoms with van der Waals surface area (Å²) in [6.07, 6.45) is 6.14. The van der Waals surface area contributed by atoms with Crippen LogP contribution in [0, 0.1) is 5.92 Å². The van der Waals surface area contributed by atoms with Crippen LogP contribution < -0.4 is 4.74 Å². The van der Waals surface area contributed by atoms with Crippen molar-refractivity contribution in [3.63, 3.8) is 0 Å². The van der Waals surface area contributed by atoms with Crippen molar-refractivity contribution in [3.8, 4) is 5.75 Å². The van der Waals surface area contributed by atoms with E-state index in [1.54, 1.807) is 13.3 Å². The first kappa shape index (κ1) is 12.9. The first-order valence-corrected chi connectivity index (χ1v) is 6.88. The number of benzene rings is 1. The molecule has 0 N–H and O–H groups in total. The Balaban J connectivity index is 1.86. The van der Waals surface area contributed by atoms with Crippen LogP contribution in [0.4, 0.5) is 0 Å². The number of methoxy groups -OCH3 is 1. The van der Waals surface area contributed by atoms with Gasteiger partial charge in [0, 0.05) is 29.4 Å². The molecule has 3 nitrogen and oxygen atoms in total. The molecule has 0 unspecified atom stereocenters. The number of ketones is 1. The van der Waals surface area contributed by atoms with Crippen LogP contribution in [-0.2, 0) is 12.8 Å². The monoisotopic (exact) mass is 267 g/mol. The van der Waals surface area contributed by atoms with Crippen LogP contribution in [-0.4, -0.2) is 17.9 Å². The number of pyridine rings is 1. The fourth-order valence-electron chi connectivity index (χ4n) is 2.91. The van der Waals surface area contributed by atoms with Crippen molar-refractivity contribution in [2.24, 2.45) is 5.92 Å². The summed E-state index contributed by atoms with van der Waals surface area (Å²) in [7, 11) is 1.65. The molecule has 0 radical (unpaired) electrons. The molecule has 3 rings (SSSR count). The highest BCUT2D eigenvalue weighted by Crippen LogP contribution is 2.33. The first-order valence-electron chi connectivity index (χ1n) is 6.88. The van der Waals surface area contributed by atoms with Crippen LogP contribution in [0.3, 0.4) is 0 Å². The Bertz CT molecular complexity index is 622. The van der Waals surface area contributed by atoms with E-state index < -0.39 is 0 Å². The van der Waals surface area contributed by atoms with Crippen molar-refractivity contribution in [2.75, 3.05) is 7.11 Å². The molecule has 1 aliphatic carbocycles. The van der Waals surface area contributed by atoms with Crippen LogP contribution in [0.5, 0.6) is 5.75 Å². The maximum absolute atomic E-state index is 12.6. The van der Waals surface area contributed by atoms with E-state index in [2.05, 4.69) is 4.98 Å². The Morgan fingerprint density at radius 3 is 2.95 bits per heavy atom. The Morgan fingerprint density at radius 1 is 1.30 bits per heavy atom.